The number of alkyl halides is 6. The van der Waals surface area contributed by atoms with Gasteiger partial charge in [-0.15, -0.1) is 0 Å². The molecule has 54 heavy (non-hydrogen) atoms. The van der Waals surface area contributed by atoms with E-state index in [0.29, 0.717) is 64.1 Å². The highest BCUT2D eigenvalue weighted by molar-refractivity contribution is 6.08. The molecule has 5 aromatic rings. The first-order valence-electron chi connectivity index (χ1n) is 17.6. The average Bonchev–Trinajstić information content (AvgIpc) is 3.07. The van der Waals surface area contributed by atoms with Crippen molar-refractivity contribution in [3.8, 4) is 16.9 Å². The molecule has 0 atom stereocenters. The number of aromatic nitrogens is 2. The number of rotatable bonds is 5. The van der Waals surface area contributed by atoms with E-state index in [-0.39, 0.29) is 17.1 Å². The van der Waals surface area contributed by atoms with Crippen LogP contribution in [0.4, 0.5) is 26.3 Å². The molecule has 292 valence electrons. The third-order valence-corrected chi connectivity index (χ3v) is 7.78. The Morgan fingerprint density at radius 1 is 0.907 bits per heavy atom. The van der Waals surface area contributed by atoms with Gasteiger partial charge in [0.05, 0.1) is 47.3 Å². The molecule has 7 nitrogen and oxygen atoms in total. The van der Waals surface area contributed by atoms with Crippen molar-refractivity contribution in [1.29, 1.82) is 0 Å². The van der Waals surface area contributed by atoms with Crippen molar-refractivity contribution >= 4 is 27.8 Å². The molecule has 3 aromatic carbocycles. The molecular formula is C41H46F6N2O5. The van der Waals surface area contributed by atoms with Gasteiger partial charge in [-0.2, -0.15) is 26.3 Å². The fraction of sp³-hybridized carbons (Fsp3) is 0.390. The molecule has 0 saturated heterocycles. The second-order valence-electron chi connectivity index (χ2n) is 13.5. The quantitative estimate of drug-likeness (QED) is 0.173. The lowest BCUT2D eigenvalue weighted by Crippen LogP contribution is -2.21. The fourth-order valence-electron chi connectivity index (χ4n) is 5.86. The molecule has 0 unspecified atom stereocenters. The lowest BCUT2D eigenvalue weighted by Gasteiger charge is -2.22. The Morgan fingerprint density at radius 3 is 2.02 bits per heavy atom. The van der Waals surface area contributed by atoms with E-state index in [1.165, 1.54) is 18.6 Å². The van der Waals surface area contributed by atoms with Crippen LogP contribution in [0.5, 0.6) is 5.75 Å². The van der Waals surface area contributed by atoms with Crippen LogP contribution in [0, 0.1) is 6.92 Å². The number of aliphatic carboxylic acids is 1. The van der Waals surface area contributed by atoms with Gasteiger partial charge >= 0.3 is 18.3 Å². The Labute approximate surface area is 310 Å². The van der Waals surface area contributed by atoms with Crippen molar-refractivity contribution in [2.45, 2.75) is 99.2 Å². The molecule has 0 amide bonds. The summed E-state index contributed by atoms with van der Waals surface area (Å²) in [5.41, 5.74) is -0.926. The van der Waals surface area contributed by atoms with Gasteiger partial charge in [0.25, 0.3) is 5.56 Å². The first-order chi connectivity index (χ1) is 25.1. The Morgan fingerprint density at radius 2 is 1.48 bits per heavy atom. The van der Waals surface area contributed by atoms with Crippen molar-refractivity contribution in [2.75, 3.05) is 6.61 Å². The van der Waals surface area contributed by atoms with Gasteiger partial charge in [0.1, 0.15) is 5.75 Å². The summed E-state index contributed by atoms with van der Waals surface area (Å²) in [5.74, 6) is -0.513. The molecule has 1 aliphatic rings. The van der Waals surface area contributed by atoms with Crippen LogP contribution in [0.2, 0.25) is 0 Å². The summed E-state index contributed by atoms with van der Waals surface area (Å²) >= 11 is 0. The van der Waals surface area contributed by atoms with Gasteiger partial charge in [-0.05, 0) is 104 Å². The van der Waals surface area contributed by atoms with Gasteiger partial charge in [0, 0.05) is 35.0 Å². The summed E-state index contributed by atoms with van der Waals surface area (Å²) in [5, 5.41) is 19.4. The first kappa shape index (κ1) is 43.5. The van der Waals surface area contributed by atoms with E-state index in [1.807, 2.05) is 19.9 Å². The lowest BCUT2D eigenvalue weighted by molar-refractivity contribution is -0.143. The summed E-state index contributed by atoms with van der Waals surface area (Å²) in [6, 6.07) is 10.7. The minimum atomic E-state index is -5.05. The number of carboxylic acids is 1. The number of carboxylic acid groups (broad SMARTS) is 1. The number of aryl methyl sites for hydroxylation is 1. The molecule has 6 rings (SSSR count). The molecule has 2 aromatic heterocycles. The predicted octanol–water partition coefficient (Wildman–Crippen LogP) is 10.4. The second kappa shape index (κ2) is 17.5. The Kier molecular flexibility index (Phi) is 14.1. The zero-order chi connectivity index (χ0) is 40.8. The number of ether oxygens (including phenoxy) is 1. The van der Waals surface area contributed by atoms with Gasteiger partial charge in [0.15, 0.2) is 0 Å². The van der Waals surface area contributed by atoms with E-state index in [1.54, 1.807) is 46.0 Å². The maximum absolute atomic E-state index is 13.6. The number of halogens is 6. The smallest absolute Gasteiger partial charge is 0.416 e. The Hall–Kier alpha value is -4.91. The fourth-order valence-corrected chi connectivity index (χ4v) is 5.86. The number of pyridine rings is 2. The monoisotopic (exact) mass is 760 g/mol. The van der Waals surface area contributed by atoms with Crippen LogP contribution in [0.25, 0.3) is 32.9 Å². The minimum absolute atomic E-state index is 0.0321. The van der Waals surface area contributed by atoms with Gasteiger partial charge in [-0.1, -0.05) is 34.1 Å². The van der Waals surface area contributed by atoms with E-state index < -0.39 is 53.6 Å². The summed E-state index contributed by atoms with van der Waals surface area (Å²) in [7, 11) is 0. The van der Waals surface area contributed by atoms with Crippen molar-refractivity contribution in [3.63, 3.8) is 0 Å². The largest absolute Gasteiger partial charge is 0.493 e. The van der Waals surface area contributed by atoms with Crippen LogP contribution in [-0.2, 0) is 36.5 Å². The van der Waals surface area contributed by atoms with Gasteiger partial charge < -0.3 is 19.5 Å². The highest BCUT2D eigenvalue weighted by atomic mass is 19.4. The summed E-state index contributed by atoms with van der Waals surface area (Å²) in [6.45, 7) is 15.0. The zero-order valence-electron chi connectivity index (χ0n) is 31.6. The van der Waals surface area contributed by atoms with E-state index in [2.05, 4.69) is 18.8 Å². The van der Waals surface area contributed by atoms with E-state index >= 15 is 0 Å². The maximum atomic E-state index is 13.6. The lowest BCUT2D eigenvalue weighted by atomic mass is 9.87. The number of hydrogen-bond acceptors (Lipinski definition) is 5. The van der Waals surface area contributed by atoms with Crippen LogP contribution >= 0.6 is 0 Å². The van der Waals surface area contributed by atoms with Crippen molar-refractivity contribution in [3.05, 3.63) is 105 Å². The number of benzene rings is 3. The Bertz CT molecular complexity index is 2120. The van der Waals surface area contributed by atoms with Crippen LogP contribution in [-0.4, -0.2) is 37.9 Å². The first-order valence-corrected chi connectivity index (χ1v) is 17.6. The summed E-state index contributed by atoms with van der Waals surface area (Å²) < 4.78 is 88.3. The van der Waals surface area contributed by atoms with Crippen molar-refractivity contribution in [2.24, 2.45) is 0 Å². The molecule has 1 aliphatic heterocycles. The van der Waals surface area contributed by atoms with E-state index in [0.717, 1.165) is 21.6 Å². The minimum Gasteiger partial charge on any atom is -0.493 e. The number of fused-ring (bicyclic) bond motifs is 1. The molecule has 0 aliphatic carbocycles. The molecule has 0 radical (unpaired) electrons. The second-order valence-corrected chi connectivity index (χ2v) is 13.5. The van der Waals surface area contributed by atoms with E-state index in [4.69, 9.17) is 9.84 Å². The summed E-state index contributed by atoms with van der Waals surface area (Å²) in [6.07, 6.45) is -6.99. The standard InChI is InChI=1S/C32H22F6N2O4.C4H10O.C3H8.C2H6/c1-16-10-24-21(3-5-26(41)40(24)15-17-11-19(31(33,34)35)13-20(12-17)32(36,37)38)29(23(16)14-27(42)43)22-2-4-25-28-18(7-9-44-25)6-8-39-30(22)28;1-4(2,3)5;1-3-2;1-2/h2-6,8,10-13H,7,9,14-15H2,1H3,(H,42,43);5H,1-3H3;3H2,1-2H3;1-2H3. The van der Waals surface area contributed by atoms with Gasteiger partial charge in [-0.25, -0.2) is 0 Å². The van der Waals surface area contributed by atoms with Crippen LogP contribution in [0.1, 0.15) is 88.3 Å². The summed E-state index contributed by atoms with van der Waals surface area (Å²) in [4.78, 5) is 29.7. The van der Waals surface area contributed by atoms with Gasteiger partial charge in [0.2, 0.25) is 0 Å². The number of aliphatic hydroxyl groups is 1. The highest BCUT2D eigenvalue weighted by Gasteiger charge is 2.37. The normalized spacial score (nSPS) is 12.4. The SMILES string of the molecule is CC.CC(C)(C)O.CCC.Cc1cc2c(ccc(=O)n2Cc2cc(C(F)(F)F)cc(C(F)(F)F)c2)c(-c2ccc3c4c(ccnc24)CCO3)c1CC(=O)O. The molecular weight excluding hydrogens is 714 g/mol. The molecule has 13 heteroatoms. The predicted molar refractivity (Wildman–Crippen MR) is 199 cm³/mol. The number of hydrogen-bond donors (Lipinski definition) is 2. The Balaban J connectivity index is 0.000000706. The van der Waals surface area contributed by atoms with Crippen molar-refractivity contribution in [1.82, 2.24) is 9.55 Å². The molecule has 3 heterocycles. The molecule has 0 fully saturated rings. The van der Waals surface area contributed by atoms with Gasteiger partial charge in [-0.3, -0.25) is 14.6 Å². The third kappa shape index (κ3) is 10.6. The molecule has 2 N–H and O–H groups in total. The van der Waals surface area contributed by atoms with E-state index in [9.17, 15) is 41.0 Å². The van der Waals surface area contributed by atoms with Crippen LogP contribution < -0.4 is 10.3 Å². The van der Waals surface area contributed by atoms with Crippen LogP contribution in [0.15, 0.2) is 65.6 Å². The molecule has 0 bridgehead atoms. The van der Waals surface area contributed by atoms with Crippen molar-refractivity contribution < 1.29 is 46.1 Å². The molecule has 0 saturated carbocycles. The zero-order valence-corrected chi connectivity index (χ0v) is 31.6. The topological polar surface area (TPSA) is 102 Å². The highest BCUT2D eigenvalue weighted by Crippen LogP contribution is 2.42. The third-order valence-electron chi connectivity index (χ3n) is 7.78. The maximum Gasteiger partial charge on any atom is 0.416 e. The average molecular weight is 761 g/mol. The number of carbonyl (C=O) groups is 1. The van der Waals surface area contributed by atoms with Crippen LogP contribution in [0.3, 0.4) is 0 Å². The molecule has 0 spiro atoms. The number of nitrogens with zero attached hydrogens (tertiary/aromatic N) is 2.